The van der Waals surface area contributed by atoms with Crippen molar-refractivity contribution in [3.8, 4) is 0 Å². The molecule has 2 aromatic carbocycles. The number of nitrogens with one attached hydrogen (secondary N) is 1. The first-order valence-corrected chi connectivity index (χ1v) is 8.14. The number of rotatable bonds is 7. The maximum absolute atomic E-state index is 12.6. The molecule has 0 radical (unpaired) electrons. The predicted octanol–water partition coefficient (Wildman–Crippen LogP) is 3.67. The van der Waals surface area contributed by atoms with Gasteiger partial charge in [0.15, 0.2) is 0 Å². The topological polar surface area (TPSA) is 38.3 Å². The fraction of sp³-hybridized carbons (Fsp3) is 0.278. The number of ether oxygens (including phenoxy) is 1. The third-order valence-corrected chi connectivity index (χ3v) is 4.41. The highest BCUT2D eigenvalue weighted by Gasteiger charge is 2.23. The maximum atomic E-state index is 12.6. The monoisotopic (exact) mass is 315 g/mol. The number of amides is 1. The van der Waals surface area contributed by atoms with Crippen LogP contribution in [0.15, 0.2) is 65.6 Å². The highest BCUT2D eigenvalue weighted by atomic mass is 32.2. The summed E-state index contributed by atoms with van der Waals surface area (Å²) in [5.41, 5.74) is 0.999. The summed E-state index contributed by atoms with van der Waals surface area (Å²) in [4.78, 5) is 13.7. The van der Waals surface area contributed by atoms with Gasteiger partial charge < -0.3 is 10.1 Å². The quantitative estimate of drug-likeness (QED) is 0.792. The van der Waals surface area contributed by atoms with Gasteiger partial charge in [0, 0.05) is 18.0 Å². The number of benzene rings is 2. The fourth-order valence-corrected chi connectivity index (χ4v) is 3.20. The lowest BCUT2D eigenvalue weighted by molar-refractivity contribution is -0.121. The Morgan fingerprint density at radius 1 is 1.09 bits per heavy atom. The predicted molar refractivity (Wildman–Crippen MR) is 91.0 cm³/mol. The highest BCUT2D eigenvalue weighted by Crippen LogP contribution is 2.35. The van der Waals surface area contributed by atoms with Gasteiger partial charge in [-0.1, -0.05) is 48.5 Å². The van der Waals surface area contributed by atoms with Gasteiger partial charge in [0.1, 0.15) is 5.25 Å². The molecule has 0 saturated heterocycles. The molecule has 0 aliphatic rings. The molecule has 22 heavy (non-hydrogen) atoms. The minimum atomic E-state index is -0.275. The van der Waals surface area contributed by atoms with Crippen molar-refractivity contribution in [2.24, 2.45) is 0 Å². The molecule has 0 heterocycles. The first-order valence-electron chi connectivity index (χ1n) is 7.26. The zero-order valence-electron chi connectivity index (χ0n) is 12.9. The average Bonchev–Trinajstić information content (AvgIpc) is 2.54. The molecule has 0 fully saturated rings. The van der Waals surface area contributed by atoms with Crippen molar-refractivity contribution in [3.63, 3.8) is 0 Å². The van der Waals surface area contributed by atoms with Crippen molar-refractivity contribution >= 4 is 17.7 Å². The molecule has 1 amide bonds. The van der Waals surface area contributed by atoms with Crippen molar-refractivity contribution in [1.82, 2.24) is 5.32 Å². The first-order chi connectivity index (χ1) is 10.7. The molecule has 2 atom stereocenters. The van der Waals surface area contributed by atoms with E-state index in [9.17, 15) is 4.79 Å². The lowest BCUT2D eigenvalue weighted by Gasteiger charge is -2.20. The van der Waals surface area contributed by atoms with E-state index in [0.29, 0.717) is 6.61 Å². The second kappa shape index (κ2) is 8.61. The number of thioether (sulfide) groups is 1. The molecule has 3 nitrogen and oxygen atoms in total. The van der Waals surface area contributed by atoms with Crippen LogP contribution in [0.5, 0.6) is 0 Å². The summed E-state index contributed by atoms with van der Waals surface area (Å²) in [6.45, 7) is 2.44. The SMILES string of the molecule is COC[C@@H](C)NC(=O)[C@H](Sc1ccccc1)c1ccccc1. The molecule has 0 spiro atoms. The van der Waals surface area contributed by atoms with Gasteiger partial charge >= 0.3 is 0 Å². The molecule has 0 aromatic heterocycles. The van der Waals surface area contributed by atoms with Gasteiger partial charge in [-0.2, -0.15) is 0 Å². The van der Waals surface area contributed by atoms with Gasteiger partial charge in [-0.15, -0.1) is 11.8 Å². The van der Waals surface area contributed by atoms with E-state index in [1.165, 1.54) is 0 Å². The number of carbonyl (C=O) groups is 1. The van der Waals surface area contributed by atoms with Gasteiger partial charge in [0.05, 0.1) is 6.61 Å². The summed E-state index contributed by atoms with van der Waals surface area (Å²) < 4.78 is 5.09. The molecule has 0 saturated carbocycles. The van der Waals surface area contributed by atoms with Crippen LogP contribution in [0.1, 0.15) is 17.7 Å². The molecule has 0 bridgehead atoms. The van der Waals surface area contributed by atoms with E-state index in [2.05, 4.69) is 5.32 Å². The lowest BCUT2D eigenvalue weighted by atomic mass is 10.1. The van der Waals surface area contributed by atoms with Crippen molar-refractivity contribution < 1.29 is 9.53 Å². The van der Waals surface area contributed by atoms with Crippen LogP contribution in [-0.2, 0) is 9.53 Å². The largest absolute Gasteiger partial charge is 0.383 e. The van der Waals surface area contributed by atoms with Crippen molar-refractivity contribution in [3.05, 3.63) is 66.2 Å². The molecule has 2 aromatic rings. The molecule has 0 aliphatic carbocycles. The van der Waals surface area contributed by atoms with Crippen molar-refractivity contribution in [2.75, 3.05) is 13.7 Å². The average molecular weight is 315 g/mol. The van der Waals surface area contributed by atoms with Crippen LogP contribution in [-0.4, -0.2) is 25.7 Å². The van der Waals surface area contributed by atoms with Gasteiger partial charge in [0.2, 0.25) is 5.91 Å². The maximum Gasteiger partial charge on any atom is 0.238 e. The molecule has 2 rings (SSSR count). The minimum absolute atomic E-state index is 0.00426. The Labute approximate surface area is 136 Å². The van der Waals surface area contributed by atoms with E-state index in [4.69, 9.17) is 4.74 Å². The van der Waals surface area contributed by atoms with Gasteiger partial charge in [-0.3, -0.25) is 4.79 Å². The second-order valence-corrected chi connectivity index (χ2v) is 6.27. The summed E-state index contributed by atoms with van der Waals surface area (Å²) in [5.74, 6) is 0.00426. The Hall–Kier alpha value is -1.78. The van der Waals surface area contributed by atoms with Crippen molar-refractivity contribution in [2.45, 2.75) is 23.1 Å². The lowest BCUT2D eigenvalue weighted by Crippen LogP contribution is -2.38. The molecular formula is C18H21NO2S. The van der Waals surface area contributed by atoms with Crippen LogP contribution in [0.4, 0.5) is 0 Å². The third kappa shape index (κ3) is 4.90. The van der Waals surface area contributed by atoms with E-state index in [0.717, 1.165) is 10.5 Å². The zero-order valence-corrected chi connectivity index (χ0v) is 13.7. The highest BCUT2D eigenvalue weighted by molar-refractivity contribution is 8.00. The van der Waals surface area contributed by atoms with E-state index in [1.54, 1.807) is 18.9 Å². The molecule has 116 valence electrons. The Balaban J connectivity index is 2.16. The summed E-state index contributed by atoms with van der Waals surface area (Å²) in [5, 5.41) is 2.74. The van der Waals surface area contributed by atoms with E-state index in [-0.39, 0.29) is 17.2 Å². The second-order valence-electron chi connectivity index (χ2n) is 5.09. The fourth-order valence-electron chi connectivity index (χ4n) is 2.15. The summed E-state index contributed by atoms with van der Waals surface area (Å²) in [6.07, 6.45) is 0. The van der Waals surface area contributed by atoms with Crippen LogP contribution in [0.2, 0.25) is 0 Å². The first kappa shape index (κ1) is 16.6. The Kier molecular flexibility index (Phi) is 6.49. The van der Waals surface area contributed by atoms with Crippen molar-refractivity contribution in [1.29, 1.82) is 0 Å². The minimum Gasteiger partial charge on any atom is -0.383 e. The molecule has 1 N–H and O–H groups in total. The summed E-state index contributed by atoms with van der Waals surface area (Å²) in [6, 6.07) is 19.8. The number of methoxy groups -OCH3 is 1. The number of carbonyl (C=O) groups excluding carboxylic acids is 1. The van der Waals surface area contributed by atoms with Crippen LogP contribution in [0.25, 0.3) is 0 Å². The standard InChI is InChI=1S/C18H21NO2S/c1-14(13-21-2)19-18(20)17(15-9-5-3-6-10-15)22-16-11-7-4-8-12-16/h3-12,14,17H,13H2,1-2H3,(H,19,20)/t14-,17-/m1/s1. The van der Waals surface area contributed by atoms with Gasteiger partial charge in [-0.05, 0) is 24.6 Å². The summed E-state index contributed by atoms with van der Waals surface area (Å²) in [7, 11) is 1.63. The zero-order chi connectivity index (χ0) is 15.8. The van der Waals surface area contributed by atoms with Crippen LogP contribution in [0.3, 0.4) is 0 Å². The molecular weight excluding hydrogens is 294 g/mol. The summed E-state index contributed by atoms with van der Waals surface area (Å²) >= 11 is 1.56. The third-order valence-electron chi connectivity index (χ3n) is 3.14. The Bertz CT molecular complexity index is 574. The molecule has 0 unspecified atom stereocenters. The van der Waals surface area contributed by atoms with Gasteiger partial charge in [-0.25, -0.2) is 0 Å². The van der Waals surface area contributed by atoms with E-state index >= 15 is 0 Å². The van der Waals surface area contributed by atoms with E-state index in [1.807, 2.05) is 67.6 Å². The van der Waals surface area contributed by atoms with Crippen LogP contribution < -0.4 is 5.32 Å². The van der Waals surface area contributed by atoms with Gasteiger partial charge in [0.25, 0.3) is 0 Å². The van der Waals surface area contributed by atoms with Crippen LogP contribution >= 0.6 is 11.8 Å². The number of hydrogen-bond donors (Lipinski definition) is 1. The van der Waals surface area contributed by atoms with Crippen LogP contribution in [0, 0.1) is 0 Å². The Morgan fingerprint density at radius 2 is 1.68 bits per heavy atom. The van der Waals surface area contributed by atoms with E-state index < -0.39 is 0 Å². The molecule has 4 heteroatoms. The smallest absolute Gasteiger partial charge is 0.238 e. The normalized spacial score (nSPS) is 13.4. The number of hydrogen-bond acceptors (Lipinski definition) is 3. The Morgan fingerprint density at radius 3 is 2.27 bits per heavy atom. The molecule has 0 aliphatic heterocycles.